The van der Waals surface area contributed by atoms with E-state index in [0.29, 0.717) is 51.4 Å². The molecular formula is C24H52N2O8. The van der Waals surface area contributed by atoms with E-state index >= 15 is 0 Å². The van der Waals surface area contributed by atoms with Crippen molar-refractivity contribution in [3.8, 4) is 0 Å². The maximum Gasteiger partial charge on any atom is 0.156 e. The molecule has 0 radical (unpaired) electrons. The molecule has 0 aromatic heterocycles. The molecule has 8 atom stereocenters. The molecule has 0 saturated carbocycles. The summed E-state index contributed by atoms with van der Waals surface area (Å²) in [6, 6.07) is 0. The zero-order chi connectivity index (χ0) is 26.3. The van der Waals surface area contributed by atoms with Gasteiger partial charge in [-0.2, -0.15) is 10.0 Å². The highest BCUT2D eigenvalue weighted by Gasteiger charge is 2.41. The third-order valence-electron chi connectivity index (χ3n) is 5.50. The van der Waals surface area contributed by atoms with Crippen LogP contribution >= 0.6 is 0 Å². The lowest BCUT2D eigenvalue weighted by molar-refractivity contribution is -0.377. The number of rotatable bonds is 21. The number of aliphatic hydroxyl groups is 4. The van der Waals surface area contributed by atoms with E-state index in [-0.39, 0.29) is 0 Å². The van der Waals surface area contributed by atoms with Crippen molar-refractivity contribution in [1.82, 2.24) is 10.0 Å². The average Bonchev–Trinajstić information content (AvgIpc) is 2.86. The Balaban J connectivity index is 6.68. The molecule has 0 spiro atoms. The Morgan fingerprint density at radius 1 is 0.382 bits per heavy atom. The second-order valence-electron chi connectivity index (χ2n) is 8.21. The van der Waals surface area contributed by atoms with Gasteiger partial charge >= 0.3 is 0 Å². The Kier molecular flexibility index (Phi) is 18.6. The molecule has 0 aromatic carbocycles. The van der Waals surface area contributed by atoms with E-state index in [0.717, 1.165) is 0 Å². The predicted molar refractivity (Wildman–Crippen MR) is 130 cm³/mol. The number of hydrogen-bond acceptors (Lipinski definition) is 10. The Hall–Kier alpha value is -0.400. The maximum absolute atomic E-state index is 10.3. The first-order valence-electron chi connectivity index (χ1n) is 13.1. The quantitative estimate of drug-likeness (QED) is 0.139. The Morgan fingerprint density at radius 2 is 0.559 bits per heavy atom. The summed E-state index contributed by atoms with van der Waals surface area (Å²) in [7, 11) is 0. The van der Waals surface area contributed by atoms with Crippen LogP contribution in [0.3, 0.4) is 0 Å². The summed E-state index contributed by atoms with van der Waals surface area (Å²) in [6.07, 6.45) is -3.15. The summed E-state index contributed by atoms with van der Waals surface area (Å²) >= 11 is 0. The van der Waals surface area contributed by atoms with E-state index in [2.05, 4.69) is 0 Å². The summed E-state index contributed by atoms with van der Waals surface area (Å²) in [5, 5.41) is 44.9. The van der Waals surface area contributed by atoms with Crippen LogP contribution in [0.1, 0.15) is 107 Å². The minimum absolute atomic E-state index is 0.393. The van der Waals surface area contributed by atoms with Gasteiger partial charge in [-0.3, -0.25) is 0 Å². The van der Waals surface area contributed by atoms with Crippen molar-refractivity contribution >= 4 is 0 Å². The molecule has 0 fully saturated rings. The van der Waals surface area contributed by atoms with Gasteiger partial charge in [-0.1, -0.05) is 55.4 Å². The van der Waals surface area contributed by atoms with Crippen molar-refractivity contribution in [2.75, 3.05) is 0 Å². The standard InChI is InChI=1S/C24H52N2O8/c1-9-17(31-21(27)13-5)25(18(10-2)32-22(28)14-6)26(19(11-3)33-23(29)15-7)20(12-4)34-24(30)16-8/h17-24,27-30H,9-16H2,1-8H3. The number of nitrogens with zero attached hydrogens (tertiary/aromatic N) is 2. The maximum atomic E-state index is 10.3. The first-order chi connectivity index (χ1) is 16.2. The van der Waals surface area contributed by atoms with Gasteiger partial charge in [0.05, 0.1) is 0 Å². The van der Waals surface area contributed by atoms with Gasteiger partial charge in [-0.05, 0) is 51.4 Å². The van der Waals surface area contributed by atoms with E-state index in [9.17, 15) is 20.4 Å². The third kappa shape index (κ3) is 11.1. The van der Waals surface area contributed by atoms with Crippen molar-refractivity contribution < 1.29 is 39.4 Å². The minimum Gasteiger partial charge on any atom is -0.368 e. The molecule has 0 aliphatic heterocycles. The van der Waals surface area contributed by atoms with E-state index in [1.165, 1.54) is 0 Å². The molecular weight excluding hydrogens is 444 g/mol. The fourth-order valence-electron chi connectivity index (χ4n) is 3.46. The number of hydrogen-bond donors (Lipinski definition) is 4. The molecule has 0 aromatic rings. The summed E-state index contributed by atoms with van der Waals surface area (Å²) < 4.78 is 23.9. The number of aliphatic hydroxyl groups excluding tert-OH is 4. The van der Waals surface area contributed by atoms with Crippen molar-refractivity contribution in [2.45, 2.75) is 157 Å². The van der Waals surface area contributed by atoms with Crippen LogP contribution in [0, 0.1) is 0 Å². The van der Waals surface area contributed by atoms with Crippen molar-refractivity contribution in [2.24, 2.45) is 0 Å². The van der Waals surface area contributed by atoms with Gasteiger partial charge in [-0.25, -0.2) is 0 Å². The van der Waals surface area contributed by atoms with Gasteiger partial charge in [0.1, 0.15) is 24.9 Å². The summed E-state index contributed by atoms with van der Waals surface area (Å²) in [6.45, 7) is 15.0. The van der Waals surface area contributed by atoms with E-state index < -0.39 is 50.1 Å². The summed E-state index contributed by atoms with van der Waals surface area (Å²) in [4.78, 5) is 0. The molecule has 8 unspecified atom stereocenters. The molecule has 0 aliphatic rings. The molecule has 0 rings (SSSR count). The highest BCUT2D eigenvalue weighted by atomic mass is 16.7. The van der Waals surface area contributed by atoms with Crippen molar-refractivity contribution in [3.63, 3.8) is 0 Å². The molecule has 4 N–H and O–H groups in total. The summed E-state index contributed by atoms with van der Waals surface area (Å²) in [5.41, 5.74) is 0. The molecule has 206 valence electrons. The fraction of sp³-hybridized carbons (Fsp3) is 1.00. The molecule has 10 heteroatoms. The SMILES string of the molecule is CCC(O)OC(CC)N(C(CC)OC(O)CC)N(C(CC)OC(O)CC)C(CC)OC(O)CC. The molecule has 0 heterocycles. The van der Waals surface area contributed by atoms with Gasteiger partial charge in [-0.15, -0.1) is 0 Å². The van der Waals surface area contributed by atoms with Crippen LogP contribution in [0.25, 0.3) is 0 Å². The van der Waals surface area contributed by atoms with Crippen LogP contribution in [0.5, 0.6) is 0 Å². The zero-order valence-corrected chi connectivity index (χ0v) is 22.6. The second kappa shape index (κ2) is 18.8. The molecule has 0 aliphatic carbocycles. The molecule has 0 bridgehead atoms. The highest BCUT2D eigenvalue weighted by Crippen LogP contribution is 2.29. The van der Waals surface area contributed by atoms with Gasteiger partial charge in [0, 0.05) is 0 Å². The molecule has 10 nitrogen and oxygen atoms in total. The average molecular weight is 497 g/mol. The van der Waals surface area contributed by atoms with Crippen LogP contribution in [0.4, 0.5) is 0 Å². The van der Waals surface area contributed by atoms with Gasteiger partial charge in [0.25, 0.3) is 0 Å². The lowest BCUT2D eigenvalue weighted by Crippen LogP contribution is -2.64. The number of hydrazine groups is 1. The van der Waals surface area contributed by atoms with E-state index in [1.54, 1.807) is 10.0 Å². The third-order valence-corrected chi connectivity index (χ3v) is 5.50. The Morgan fingerprint density at radius 3 is 0.676 bits per heavy atom. The Bertz CT molecular complexity index is 408. The Labute approximate surface area is 206 Å². The van der Waals surface area contributed by atoms with Crippen molar-refractivity contribution in [3.05, 3.63) is 0 Å². The van der Waals surface area contributed by atoms with Crippen LogP contribution in [-0.2, 0) is 18.9 Å². The van der Waals surface area contributed by atoms with Crippen LogP contribution in [-0.4, -0.2) is 80.5 Å². The smallest absolute Gasteiger partial charge is 0.156 e. The zero-order valence-electron chi connectivity index (χ0n) is 22.6. The van der Waals surface area contributed by atoms with Crippen LogP contribution in [0.15, 0.2) is 0 Å². The minimum atomic E-state index is -1.01. The van der Waals surface area contributed by atoms with Gasteiger partial charge < -0.3 is 39.4 Å². The normalized spacial score (nSPS) is 19.6. The van der Waals surface area contributed by atoms with Crippen LogP contribution in [0.2, 0.25) is 0 Å². The van der Waals surface area contributed by atoms with E-state index in [4.69, 9.17) is 18.9 Å². The largest absolute Gasteiger partial charge is 0.368 e. The van der Waals surface area contributed by atoms with Gasteiger partial charge in [0.2, 0.25) is 0 Å². The molecule has 0 saturated heterocycles. The monoisotopic (exact) mass is 496 g/mol. The first-order valence-corrected chi connectivity index (χ1v) is 13.1. The molecule has 0 amide bonds. The summed E-state index contributed by atoms with van der Waals surface area (Å²) in [5.74, 6) is 0. The van der Waals surface area contributed by atoms with Crippen LogP contribution < -0.4 is 0 Å². The highest BCUT2D eigenvalue weighted by molar-refractivity contribution is 4.74. The lowest BCUT2D eigenvalue weighted by atomic mass is 10.2. The van der Waals surface area contributed by atoms with Crippen molar-refractivity contribution in [1.29, 1.82) is 0 Å². The molecule has 34 heavy (non-hydrogen) atoms. The topological polar surface area (TPSA) is 124 Å². The van der Waals surface area contributed by atoms with E-state index in [1.807, 2.05) is 55.4 Å². The first kappa shape index (κ1) is 33.6. The fourth-order valence-corrected chi connectivity index (χ4v) is 3.46. The van der Waals surface area contributed by atoms with Gasteiger partial charge in [0.15, 0.2) is 25.2 Å². The number of ether oxygens (including phenoxy) is 4. The second-order valence-corrected chi connectivity index (χ2v) is 8.21. The lowest BCUT2D eigenvalue weighted by Gasteiger charge is -2.50. The predicted octanol–water partition coefficient (Wildman–Crippen LogP) is 3.43.